The highest BCUT2D eigenvalue weighted by Gasteiger charge is 2.41. The van der Waals surface area contributed by atoms with Crippen LogP contribution in [0, 0.1) is 11.5 Å². The number of allylic oxidation sites excluding steroid dienone is 1. The summed E-state index contributed by atoms with van der Waals surface area (Å²) in [5.41, 5.74) is 8.42. The first-order chi connectivity index (χ1) is 12.8. The summed E-state index contributed by atoms with van der Waals surface area (Å²) in [4.78, 5) is 0. The van der Waals surface area contributed by atoms with E-state index in [1.807, 2.05) is 42.5 Å². The van der Waals surface area contributed by atoms with Gasteiger partial charge in [-0.1, -0.05) is 96.0 Å². The average Bonchev–Trinajstić information content (AvgIpc) is 2.62. The van der Waals surface area contributed by atoms with Crippen LogP contribution in [0.15, 0.2) is 60.7 Å². The van der Waals surface area contributed by atoms with Crippen LogP contribution in [0.25, 0.3) is 5.57 Å². The highest BCUT2D eigenvalue weighted by molar-refractivity contribution is 6.90. The topological polar surface area (TPSA) is 20.2 Å². The Morgan fingerprint density at radius 2 is 1.33 bits per heavy atom. The van der Waals surface area contributed by atoms with Gasteiger partial charge in [0, 0.05) is 11.1 Å². The summed E-state index contributed by atoms with van der Waals surface area (Å²) in [5.74, 6) is 3.72. The van der Waals surface area contributed by atoms with Gasteiger partial charge in [0.25, 0.3) is 0 Å². The molecule has 0 spiro atoms. The first kappa shape index (κ1) is 21.1. The molecule has 0 unspecified atom stereocenters. The van der Waals surface area contributed by atoms with E-state index in [1.165, 1.54) is 0 Å². The van der Waals surface area contributed by atoms with E-state index >= 15 is 0 Å². The molecule has 0 heterocycles. The molecule has 0 aromatic heterocycles. The summed E-state index contributed by atoms with van der Waals surface area (Å²) in [6.07, 6.45) is 2.00. The molecule has 0 aliphatic rings. The Balaban J connectivity index is 2.61. The van der Waals surface area contributed by atoms with Gasteiger partial charge in [0.15, 0.2) is 0 Å². The predicted octanol–water partition coefficient (Wildman–Crippen LogP) is 7.05. The van der Waals surface area contributed by atoms with Crippen molar-refractivity contribution in [3.8, 4) is 17.2 Å². The second-order valence-electron chi connectivity index (χ2n) is 8.11. The molecular formula is C25H32OSi. The van der Waals surface area contributed by atoms with Crippen molar-refractivity contribution in [1.29, 1.82) is 0 Å². The van der Waals surface area contributed by atoms with Gasteiger partial charge in [-0.15, -0.1) is 5.54 Å². The average molecular weight is 377 g/mol. The Bertz CT molecular complexity index is 814. The maximum absolute atomic E-state index is 10.4. The lowest BCUT2D eigenvalue weighted by Crippen LogP contribution is -2.43. The van der Waals surface area contributed by atoms with Crippen molar-refractivity contribution in [3.63, 3.8) is 0 Å². The highest BCUT2D eigenvalue weighted by Crippen LogP contribution is 2.40. The smallest absolute Gasteiger partial charge is 0.146 e. The van der Waals surface area contributed by atoms with Gasteiger partial charge in [0.2, 0.25) is 0 Å². The second-order valence-corrected chi connectivity index (χ2v) is 13.7. The van der Waals surface area contributed by atoms with Crippen LogP contribution in [0.1, 0.15) is 52.7 Å². The molecule has 0 aliphatic heterocycles. The minimum Gasteiger partial charge on any atom is -0.507 e. The van der Waals surface area contributed by atoms with E-state index in [9.17, 15) is 5.11 Å². The van der Waals surface area contributed by atoms with Gasteiger partial charge in [0.05, 0.1) is 0 Å². The van der Waals surface area contributed by atoms with Crippen molar-refractivity contribution >= 4 is 13.6 Å². The third-order valence-electron chi connectivity index (χ3n) is 5.65. The third-order valence-corrected chi connectivity index (χ3v) is 12.0. The Morgan fingerprint density at radius 1 is 0.815 bits per heavy atom. The minimum absolute atomic E-state index is 0.287. The molecule has 0 saturated carbocycles. The molecular weight excluding hydrogens is 344 g/mol. The number of hydrogen-bond acceptors (Lipinski definition) is 1. The van der Waals surface area contributed by atoms with Crippen molar-refractivity contribution in [2.45, 2.75) is 58.2 Å². The van der Waals surface area contributed by atoms with E-state index in [0.29, 0.717) is 16.6 Å². The molecule has 142 valence electrons. The minimum atomic E-state index is -1.78. The quantitative estimate of drug-likeness (QED) is 0.438. The van der Waals surface area contributed by atoms with Crippen LogP contribution >= 0.6 is 0 Å². The fourth-order valence-corrected chi connectivity index (χ4v) is 9.49. The number of phenolic OH excluding ortho intramolecular Hbond substituents is 1. The lowest BCUT2D eigenvalue weighted by atomic mass is 9.97. The van der Waals surface area contributed by atoms with E-state index in [0.717, 1.165) is 16.7 Å². The lowest BCUT2D eigenvalue weighted by Gasteiger charge is -2.38. The third kappa shape index (κ3) is 4.54. The van der Waals surface area contributed by atoms with E-state index in [4.69, 9.17) is 0 Å². The molecule has 27 heavy (non-hydrogen) atoms. The van der Waals surface area contributed by atoms with Crippen LogP contribution in [0.5, 0.6) is 5.75 Å². The molecule has 0 amide bonds. The van der Waals surface area contributed by atoms with Crippen LogP contribution < -0.4 is 0 Å². The standard InChI is InChI=1S/C25H32OSi/c1-19(2)27(20(3)4,21(5)6)18-12-16-23(22-13-8-7-9-14-22)24-15-10-11-17-25(24)26/h7-11,13-17,19-21,26H,1-6H3/b23-16-. The molecule has 2 rings (SSSR count). The fraction of sp³-hybridized carbons (Fsp3) is 0.360. The van der Waals surface area contributed by atoms with Crippen LogP contribution in [0.4, 0.5) is 0 Å². The van der Waals surface area contributed by atoms with Crippen molar-refractivity contribution in [2.24, 2.45) is 0 Å². The molecule has 0 atom stereocenters. The lowest BCUT2D eigenvalue weighted by molar-refractivity contribution is 0.473. The summed E-state index contributed by atoms with van der Waals surface area (Å²) >= 11 is 0. The number of hydrogen-bond donors (Lipinski definition) is 1. The summed E-state index contributed by atoms with van der Waals surface area (Å²) in [6.45, 7) is 14.0. The first-order valence-corrected chi connectivity index (χ1v) is 12.1. The Morgan fingerprint density at radius 3 is 1.85 bits per heavy atom. The van der Waals surface area contributed by atoms with Gasteiger partial charge in [-0.25, -0.2) is 0 Å². The second kappa shape index (κ2) is 9.11. The first-order valence-electron chi connectivity index (χ1n) is 9.87. The zero-order valence-electron chi connectivity index (χ0n) is 17.5. The van der Waals surface area contributed by atoms with Gasteiger partial charge in [0.1, 0.15) is 13.8 Å². The molecule has 0 bridgehead atoms. The number of phenols is 1. The molecule has 1 nitrogen and oxygen atoms in total. The Labute approximate surface area is 166 Å². The zero-order valence-corrected chi connectivity index (χ0v) is 18.5. The fourth-order valence-electron chi connectivity index (χ4n) is 4.30. The van der Waals surface area contributed by atoms with Gasteiger partial charge in [-0.2, -0.15) is 0 Å². The largest absolute Gasteiger partial charge is 0.507 e. The predicted molar refractivity (Wildman–Crippen MR) is 120 cm³/mol. The Kier molecular flexibility index (Phi) is 7.10. The molecule has 2 heteroatoms. The summed E-state index contributed by atoms with van der Waals surface area (Å²) < 4.78 is 0. The maximum Gasteiger partial charge on any atom is 0.146 e. The van der Waals surface area contributed by atoms with Gasteiger partial charge in [-0.05, 0) is 34.3 Å². The summed E-state index contributed by atoms with van der Waals surface area (Å²) in [7, 11) is -1.78. The number of rotatable bonds is 5. The van der Waals surface area contributed by atoms with Gasteiger partial charge in [-0.3, -0.25) is 0 Å². The van der Waals surface area contributed by atoms with Crippen molar-refractivity contribution < 1.29 is 5.11 Å². The molecule has 2 aromatic carbocycles. The monoisotopic (exact) mass is 376 g/mol. The van der Waals surface area contributed by atoms with Crippen molar-refractivity contribution in [2.75, 3.05) is 0 Å². The molecule has 1 N–H and O–H groups in total. The van der Waals surface area contributed by atoms with E-state index < -0.39 is 8.07 Å². The van der Waals surface area contributed by atoms with Crippen LogP contribution in [0.2, 0.25) is 16.6 Å². The molecule has 0 radical (unpaired) electrons. The van der Waals surface area contributed by atoms with Crippen LogP contribution in [-0.4, -0.2) is 13.2 Å². The van der Waals surface area contributed by atoms with E-state index in [2.05, 4.69) is 65.1 Å². The molecule has 2 aromatic rings. The highest BCUT2D eigenvalue weighted by atomic mass is 28.3. The van der Waals surface area contributed by atoms with E-state index in [1.54, 1.807) is 6.07 Å². The zero-order chi connectivity index (χ0) is 20.0. The SMILES string of the molecule is CC(C)[Si](C#C/C=C(/c1ccccc1)c1ccccc1O)(C(C)C)C(C)C. The van der Waals surface area contributed by atoms with Gasteiger partial charge < -0.3 is 5.11 Å². The number of para-hydroxylation sites is 1. The van der Waals surface area contributed by atoms with Crippen LogP contribution in [0.3, 0.4) is 0 Å². The van der Waals surface area contributed by atoms with E-state index in [-0.39, 0.29) is 5.75 Å². The molecule has 0 saturated heterocycles. The molecule has 0 fully saturated rings. The van der Waals surface area contributed by atoms with Gasteiger partial charge >= 0.3 is 0 Å². The maximum atomic E-state index is 10.4. The summed E-state index contributed by atoms with van der Waals surface area (Å²) in [5, 5.41) is 10.4. The van der Waals surface area contributed by atoms with Crippen LogP contribution in [-0.2, 0) is 0 Å². The van der Waals surface area contributed by atoms with Crippen molar-refractivity contribution in [3.05, 3.63) is 71.8 Å². The van der Waals surface area contributed by atoms with Crippen molar-refractivity contribution in [1.82, 2.24) is 0 Å². The number of benzene rings is 2. The Hall–Kier alpha value is -2.24. The molecule has 0 aliphatic carbocycles. The normalized spacial score (nSPS) is 12.4. The summed E-state index contributed by atoms with van der Waals surface area (Å²) in [6, 6.07) is 17.7. The number of aromatic hydroxyl groups is 1.